The van der Waals surface area contributed by atoms with Crippen molar-refractivity contribution < 1.29 is 4.74 Å². The van der Waals surface area contributed by atoms with Crippen LogP contribution in [0, 0.1) is 18.3 Å². The molecule has 0 radical (unpaired) electrons. The molecule has 31 heavy (non-hydrogen) atoms. The van der Waals surface area contributed by atoms with Gasteiger partial charge in [-0.15, -0.1) is 0 Å². The van der Waals surface area contributed by atoms with Gasteiger partial charge in [0.15, 0.2) is 0 Å². The number of hydrogen-bond donors (Lipinski definition) is 1. The van der Waals surface area contributed by atoms with Crippen molar-refractivity contribution in [3.8, 4) is 22.9 Å². The van der Waals surface area contributed by atoms with Crippen molar-refractivity contribution in [3.05, 3.63) is 64.8 Å². The van der Waals surface area contributed by atoms with E-state index in [4.69, 9.17) is 10.5 Å². The van der Waals surface area contributed by atoms with Crippen LogP contribution in [-0.4, -0.2) is 23.8 Å². The van der Waals surface area contributed by atoms with Crippen molar-refractivity contribution in [1.29, 1.82) is 5.26 Å². The van der Waals surface area contributed by atoms with Gasteiger partial charge in [0, 0.05) is 36.5 Å². The number of anilines is 2. The molecule has 0 saturated carbocycles. The fraction of sp³-hybridized carbons (Fsp3) is 0.240. The molecule has 0 spiro atoms. The summed E-state index contributed by atoms with van der Waals surface area (Å²) in [5.74, 6) is 1.32. The summed E-state index contributed by atoms with van der Waals surface area (Å²) in [7, 11) is 0. The molecule has 6 nitrogen and oxygen atoms in total. The highest BCUT2D eigenvalue weighted by atomic mass is 16.5. The van der Waals surface area contributed by atoms with Crippen LogP contribution in [0.3, 0.4) is 0 Å². The van der Waals surface area contributed by atoms with E-state index in [0.717, 1.165) is 51.5 Å². The Morgan fingerprint density at radius 2 is 1.97 bits per heavy atom. The summed E-state index contributed by atoms with van der Waals surface area (Å²) in [6.07, 6.45) is 2.46. The smallest absolute Gasteiger partial charge is 0.127 e. The van der Waals surface area contributed by atoms with Gasteiger partial charge in [0.2, 0.25) is 0 Å². The van der Waals surface area contributed by atoms with Crippen LogP contribution in [0.2, 0.25) is 0 Å². The number of nitrogens with zero attached hydrogens (tertiary/aromatic N) is 4. The quantitative estimate of drug-likeness (QED) is 0.670. The van der Waals surface area contributed by atoms with E-state index in [1.807, 2.05) is 0 Å². The molecule has 0 atom stereocenters. The Morgan fingerprint density at radius 3 is 2.81 bits per heavy atom. The first kappa shape index (κ1) is 19.1. The van der Waals surface area contributed by atoms with Gasteiger partial charge >= 0.3 is 0 Å². The van der Waals surface area contributed by atoms with Gasteiger partial charge in [-0.3, -0.25) is 4.99 Å². The maximum absolute atomic E-state index is 9.54. The highest BCUT2D eigenvalue weighted by Gasteiger charge is 2.21. The molecule has 2 aromatic carbocycles. The lowest BCUT2D eigenvalue weighted by atomic mass is 9.97. The number of pyridine rings is 1. The van der Waals surface area contributed by atoms with Gasteiger partial charge < -0.3 is 15.4 Å². The molecule has 1 aromatic heterocycles. The van der Waals surface area contributed by atoms with Crippen LogP contribution >= 0.6 is 0 Å². The third-order valence-electron chi connectivity index (χ3n) is 5.86. The Hall–Kier alpha value is -3.85. The average Bonchev–Trinajstić information content (AvgIpc) is 2.99. The molecule has 0 amide bonds. The second-order valence-electron chi connectivity index (χ2n) is 8.16. The lowest BCUT2D eigenvalue weighted by molar-refractivity contribution is 0.329. The van der Waals surface area contributed by atoms with Crippen LogP contribution in [-0.2, 0) is 13.0 Å². The number of aryl methyl sites for hydroxylation is 1. The summed E-state index contributed by atoms with van der Waals surface area (Å²) in [4.78, 5) is 10.9. The van der Waals surface area contributed by atoms with Crippen LogP contribution in [0.4, 0.5) is 17.2 Å². The number of hydrogen-bond acceptors (Lipinski definition) is 6. The van der Waals surface area contributed by atoms with Gasteiger partial charge in [-0.25, -0.2) is 4.98 Å². The second-order valence-corrected chi connectivity index (χ2v) is 8.16. The van der Waals surface area contributed by atoms with Crippen LogP contribution < -0.4 is 15.4 Å². The van der Waals surface area contributed by atoms with Crippen molar-refractivity contribution in [2.75, 3.05) is 23.8 Å². The number of aromatic nitrogens is 1. The normalized spacial score (nSPS) is 14.7. The number of nitriles is 1. The van der Waals surface area contributed by atoms with Crippen LogP contribution in [0.15, 0.2) is 47.6 Å². The maximum Gasteiger partial charge on any atom is 0.127 e. The van der Waals surface area contributed by atoms with Gasteiger partial charge in [-0.05, 0) is 54.3 Å². The summed E-state index contributed by atoms with van der Waals surface area (Å²) in [6.45, 7) is 5.98. The molecule has 0 unspecified atom stereocenters. The molecule has 2 N–H and O–H groups in total. The Bertz CT molecular complexity index is 1270. The number of aliphatic imine (C=N–C) groups is 1. The van der Waals surface area contributed by atoms with E-state index in [0.29, 0.717) is 31.1 Å². The van der Waals surface area contributed by atoms with E-state index in [-0.39, 0.29) is 0 Å². The Balaban J connectivity index is 1.55. The predicted octanol–water partition coefficient (Wildman–Crippen LogP) is 4.56. The maximum atomic E-state index is 9.54. The molecule has 2 aliphatic heterocycles. The first-order valence-electron chi connectivity index (χ1n) is 10.4. The zero-order valence-corrected chi connectivity index (χ0v) is 17.6. The molecule has 3 aromatic rings. The fourth-order valence-corrected chi connectivity index (χ4v) is 4.41. The minimum atomic E-state index is 0.401. The summed E-state index contributed by atoms with van der Waals surface area (Å²) in [5, 5.41) is 9.54. The number of fused-ring (bicyclic) bond motifs is 2. The van der Waals surface area contributed by atoms with E-state index in [1.54, 1.807) is 6.07 Å². The topological polar surface area (TPSA) is 87.5 Å². The Kier molecular flexibility index (Phi) is 4.59. The van der Waals surface area contributed by atoms with E-state index < -0.39 is 0 Å². The first-order valence-corrected chi connectivity index (χ1v) is 10.4. The number of nitrogen functional groups attached to an aromatic ring is 1. The second kappa shape index (κ2) is 7.44. The third kappa shape index (κ3) is 3.49. The lowest BCUT2D eigenvalue weighted by Crippen LogP contribution is -2.26. The zero-order valence-electron chi connectivity index (χ0n) is 17.6. The number of benzene rings is 2. The minimum Gasteiger partial charge on any atom is -0.491 e. The highest BCUT2D eigenvalue weighted by molar-refractivity contribution is 5.93. The van der Waals surface area contributed by atoms with Gasteiger partial charge in [-0.1, -0.05) is 12.1 Å². The third-order valence-corrected chi connectivity index (χ3v) is 5.86. The van der Waals surface area contributed by atoms with Crippen LogP contribution in [0.25, 0.3) is 11.1 Å². The van der Waals surface area contributed by atoms with Gasteiger partial charge in [0.1, 0.15) is 24.2 Å². The summed E-state index contributed by atoms with van der Waals surface area (Å²) in [6, 6.07) is 14.9. The molecule has 0 fully saturated rings. The van der Waals surface area contributed by atoms with Crippen molar-refractivity contribution in [1.82, 2.24) is 4.98 Å². The molecule has 0 saturated heterocycles. The van der Waals surface area contributed by atoms with Crippen molar-refractivity contribution in [2.45, 2.75) is 26.8 Å². The van der Waals surface area contributed by atoms with E-state index >= 15 is 0 Å². The van der Waals surface area contributed by atoms with Gasteiger partial charge in [0.25, 0.3) is 0 Å². The molecule has 0 aliphatic carbocycles. The highest BCUT2D eigenvalue weighted by Crippen LogP contribution is 2.37. The summed E-state index contributed by atoms with van der Waals surface area (Å²) >= 11 is 0. The van der Waals surface area contributed by atoms with Crippen LogP contribution in [0.5, 0.6) is 5.75 Å². The SMILES string of the molecule is CC1=Nc2cc(-c3cc(C)c4c(c3)CN(c3cc(N)ncc3C#N)CCO4)ccc2C1. The number of rotatable bonds is 2. The Labute approximate surface area is 181 Å². The minimum absolute atomic E-state index is 0.401. The molecule has 0 bridgehead atoms. The monoisotopic (exact) mass is 409 g/mol. The molecular formula is C25H23N5O. The molecule has 2 aliphatic rings. The molecule has 5 rings (SSSR count). The van der Waals surface area contributed by atoms with E-state index in [9.17, 15) is 5.26 Å². The standard InChI is InChI=1S/C25H23N5O/c1-15-7-19(17-3-4-18-8-16(2)29-22(18)10-17)9-20-14-30(5-6-31-25(15)20)23-11-24(27)28-13-21(23)12-26/h3-4,7,9-11,13H,5-6,8,14H2,1-2H3,(H2,27,28). The predicted molar refractivity (Wildman–Crippen MR) is 123 cm³/mol. The average molecular weight is 409 g/mol. The molecular weight excluding hydrogens is 386 g/mol. The lowest BCUT2D eigenvalue weighted by Gasteiger charge is -2.23. The van der Waals surface area contributed by atoms with Crippen molar-refractivity contribution in [3.63, 3.8) is 0 Å². The fourth-order valence-electron chi connectivity index (χ4n) is 4.41. The number of nitrogens with two attached hydrogens (primary N) is 1. The van der Waals surface area contributed by atoms with E-state index in [2.05, 4.69) is 65.1 Å². The first-order chi connectivity index (χ1) is 15.0. The zero-order chi connectivity index (χ0) is 21.5. The number of ether oxygens (including phenoxy) is 1. The largest absolute Gasteiger partial charge is 0.491 e. The molecule has 154 valence electrons. The van der Waals surface area contributed by atoms with Crippen molar-refractivity contribution >= 4 is 22.9 Å². The summed E-state index contributed by atoms with van der Waals surface area (Å²) < 4.78 is 6.12. The van der Waals surface area contributed by atoms with E-state index in [1.165, 1.54) is 11.8 Å². The van der Waals surface area contributed by atoms with Crippen LogP contribution in [0.1, 0.15) is 29.2 Å². The van der Waals surface area contributed by atoms with Crippen molar-refractivity contribution in [2.24, 2.45) is 4.99 Å². The van der Waals surface area contributed by atoms with Gasteiger partial charge in [0.05, 0.1) is 23.5 Å². The molecule has 3 heterocycles. The Morgan fingerprint density at radius 1 is 1.10 bits per heavy atom. The van der Waals surface area contributed by atoms with Gasteiger partial charge in [-0.2, -0.15) is 5.26 Å². The molecule has 6 heteroatoms. The summed E-state index contributed by atoms with van der Waals surface area (Å²) in [5.41, 5.74) is 15.2.